The normalized spacial score (nSPS) is 10.6. The van der Waals surface area contributed by atoms with Gasteiger partial charge in [0, 0.05) is 6.42 Å². The second-order valence-electron chi connectivity index (χ2n) is 4.61. The molecule has 0 unspecified atom stereocenters. The van der Waals surface area contributed by atoms with E-state index in [2.05, 4.69) is 38.0 Å². The molecule has 0 fully saturated rings. The SMILES string of the molecule is Nc1nc(OCCc2ccccc2)c(Br)c(-c2ccco2)n1. The summed E-state index contributed by atoms with van der Waals surface area (Å²) in [5.41, 5.74) is 7.53. The van der Waals surface area contributed by atoms with Gasteiger partial charge in [0.15, 0.2) is 5.76 Å². The van der Waals surface area contributed by atoms with Gasteiger partial charge in [-0.25, -0.2) is 4.98 Å². The molecule has 5 nitrogen and oxygen atoms in total. The number of nitrogens with two attached hydrogens (primary N) is 1. The Morgan fingerprint density at radius 2 is 1.91 bits per heavy atom. The maximum absolute atomic E-state index is 5.75. The lowest BCUT2D eigenvalue weighted by Gasteiger charge is -2.10. The number of aromatic nitrogens is 2. The average Bonchev–Trinajstić information content (AvgIpc) is 3.05. The predicted octanol–water partition coefficient (Wildman–Crippen LogP) is 3.70. The fraction of sp³-hybridized carbons (Fsp3) is 0.125. The Labute approximate surface area is 136 Å². The third kappa shape index (κ3) is 3.28. The Morgan fingerprint density at radius 1 is 1.09 bits per heavy atom. The summed E-state index contributed by atoms with van der Waals surface area (Å²) in [4.78, 5) is 8.32. The number of furan rings is 1. The number of halogens is 1. The third-order valence-electron chi connectivity index (χ3n) is 3.07. The minimum Gasteiger partial charge on any atom is -0.476 e. The Hall–Kier alpha value is -2.34. The van der Waals surface area contributed by atoms with Gasteiger partial charge in [-0.15, -0.1) is 0 Å². The molecule has 3 rings (SSSR count). The number of hydrogen-bond donors (Lipinski definition) is 1. The molecule has 112 valence electrons. The molecule has 3 aromatic rings. The molecule has 0 atom stereocenters. The molecule has 0 saturated heterocycles. The molecule has 2 aromatic heterocycles. The van der Waals surface area contributed by atoms with E-state index in [-0.39, 0.29) is 5.95 Å². The highest BCUT2D eigenvalue weighted by Gasteiger charge is 2.16. The minimum absolute atomic E-state index is 0.143. The molecule has 0 radical (unpaired) electrons. The Morgan fingerprint density at radius 3 is 2.64 bits per heavy atom. The maximum Gasteiger partial charge on any atom is 0.233 e. The van der Waals surface area contributed by atoms with Crippen LogP contribution in [0.5, 0.6) is 5.88 Å². The van der Waals surface area contributed by atoms with Crippen LogP contribution in [0.25, 0.3) is 11.5 Å². The summed E-state index contributed by atoms with van der Waals surface area (Å²) in [5.74, 6) is 1.16. The molecule has 0 aliphatic heterocycles. The number of nitrogens with zero attached hydrogens (tertiary/aromatic N) is 2. The predicted molar refractivity (Wildman–Crippen MR) is 87.5 cm³/mol. The molecule has 0 bridgehead atoms. The van der Waals surface area contributed by atoms with Gasteiger partial charge >= 0.3 is 0 Å². The molecular formula is C16H14BrN3O2. The standard InChI is InChI=1S/C16H14BrN3O2/c17-13-14(12-7-4-9-21-12)19-16(18)20-15(13)22-10-8-11-5-2-1-3-6-11/h1-7,9H,8,10H2,(H2,18,19,20). The monoisotopic (exact) mass is 359 g/mol. The van der Waals surface area contributed by atoms with Crippen molar-refractivity contribution in [1.82, 2.24) is 9.97 Å². The van der Waals surface area contributed by atoms with Crippen LogP contribution in [-0.4, -0.2) is 16.6 Å². The molecule has 0 saturated carbocycles. The van der Waals surface area contributed by atoms with Crippen LogP contribution < -0.4 is 10.5 Å². The van der Waals surface area contributed by atoms with Crippen LogP contribution in [0.3, 0.4) is 0 Å². The van der Waals surface area contributed by atoms with Gasteiger partial charge in [-0.3, -0.25) is 0 Å². The van der Waals surface area contributed by atoms with Crippen LogP contribution in [0.4, 0.5) is 5.95 Å². The highest BCUT2D eigenvalue weighted by Crippen LogP contribution is 2.33. The van der Waals surface area contributed by atoms with Gasteiger partial charge in [0.25, 0.3) is 0 Å². The van der Waals surface area contributed by atoms with Gasteiger partial charge in [0.1, 0.15) is 10.2 Å². The van der Waals surface area contributed by atoms with E-state index in [1.807, 2.05) is 18.2 Å². The van der Waals surface area contributed by atoms with E-state index < -0.39 is 0 Å². The van der Waals surface area contributed by atoms with E-state index in [0.717, 1.165) is 6.42 Å². The first-order valence-corrected chi connectivity index (χ1v) is 7.57. The molecule has 1 aromatic carbocycles. The van der Waals surface area contributed by atoms with Crippen molar-refractivity contribution >= 4 is 21.9 Å². The summed E-state index contributed by atoms with van der Waals surface area (Å²) in [6.45, 7) is 0.497. The van der Waals surface area contributed by atoms with Crippen molar-refractivity contribution in [2.24, 2.45) is 0 Å². The van der Waals surface area contributed by atoms with E-state index in [1.54, 1.807) is 18.4 Å². The second kappa shape index (κ2) is 6.62. The topological polar surface area (TPSA) is 74.2 Å². The Bertz CT molecular complexity index is 746. The lowest BCUT2D eigenvalue weighted by atomic mass is 10.2. The largest absolute Gasteiger partial charge is 0.476 e. The third-order valence-corrected chi connectivity index (χ3v) is 3.78. The summed E-state index contributed by atoms with van der Waals surface area (Å²) >= 11 is 3.46. The maximum atomic E-state index is 5.75. The highest BCUT2D eigenvalue weighted by molar-refractivity contribution is 9.10. The number of anilines is 1. The second-order valence-corrected chi connectivity index (χ2v) is 5.40. The van der Waals surface area contributed by atoms with Gasteiger partial charge in [-0.05, 0) is 33.6 Å². The fourth-order valence-corrected chi connectivity index (χ4v) is 2.51. The molecule has 0 aliphatic carbocycles. The summed E-state index contributed by atoms with van der Waals surface area (Å²) in [7, 11) is 0. The zero-order valence-electron chi connectivity index (χ0n) is 11.7. The van der Waals surface area contributed by atoms with Crippen LogP contribution in [0.2, 0.25) is 0 Å². The van der Waals surface area contributed by atoms with Crippen molar-refractivity contribution in [2.45, 2.75) is 6.42 Å². The van der Waals surface area contributed by atoms with Crippen LogP contribution in [0.15, 0.2) is 57.6 Å². The zero-order valence-corrected chi connectivity index (χ0v) is 13.3. The van der Waals surface area contributed by atoms with Gasteiger partial charge in [0.05, 0.1) is 12.9 Å². The summed E-state index contributed by atoms with van der Waals surface area (Å²) in [5, 5.41) is 0. The molecule has 0 aliphatic rings. The van der Waals surface area contributed by atoms with Crippen LogP contribution in [-0.2, 0) is 6.42 Å². The molecule has 2 N–H and O–H groups in total. The van der Waals surface area contributed by atoms with E-state index >= 15 is 0 Å². The molecule has 0 amide bonds. The first kappa shape index (κ1) is 14.6. The minimum atomic E-state index is 0.143. The van der Waals surface area contributed by atoms with Crippen LogP contribution in [0, 0.1) is 0 Å². The molecular weight excluding hydrogens is 346 g/mol. The molecule has 6 heteroatoms. The quantitative estimate of drug-likeness (QED) is 0.751. The Kier molecular flexibility index (Phi) is 4.39. The van der Waals surface area contributed by atoms with Crippen molar-refractivity contribution in [3.05, 3.63) is 58.8 Å². The molecule has 0 spiro atoms. The average molecular weight is 360 g/mol. The van der Waals surface area contributed by atoms with E-state index in [1.165, 1.54) is 5.56 Å². The van der Waals surface area contributed by atoms with Crippen molar-refractivity contribution in [2.75, 3.05) is 12.3 Å². The van der Waals surface area contributed by atoms with Gasteiger partial charge in [-0.1, -0.05) is 30.3 Å². The molecule has 22 heavy (non-hydrogen) atoms. The van der Waals surface area contributed by atoms with Crippen molar-refractivity contribution in [3.63, 3.8) is 0 Å². The van der Waals surface area contributed by atoms with Crippen molar-refractivity contribution in [1.29, 1.82) is 0 Å². The zero-order chi connectivity index (χ0) is 15.4. The van der Waals surface area contributed by atoms with Gasteiger partial charge in [0.2, 0.25) is 11.8 Å². The number of hydrogen-bond acceptors (Lipinski definition) is 5. The van der Waals surface area contributed by atoms with E-state index in [4.69, 9.17) is 14.9 Å². The fourth-order valence-electron chi connectivity index (χ4n) is 2.03. The van der Waals surface area contributed by atoms with Gasteiger partial charge < -0.3 is 14.9 Å². The lowest BCUT2D eigenvalue weighted by Crippen LogP contribution is -2.06. The van der Waals surface area contributed by atoms with Crippen LogP contribution in [0.1, 0.15) is 5.56 Å². The van der Waals surface area contributed by atoms with Crippen molar-refractivity contribution in [3.8, 4) is 17.3 Å². The number of benzene rings is 1. The number of nitrogen functional groups attached to an aromatic ring is 1. The first-order valence-electron chi connectivity index (χ1n) is 6.77. The smallest absolute Gasteiger partial charge is 0.233 e. The lowest BCUT2D eigenvalue weighted by molar-refractivity contribution is 0.307. The summed E-state index contributed by atoms with van der Waals surface area (Å²) in [6.07, 6.45) is 2.36. The molecule has 2 heterocycles. The number of ether oxygens (including phenoxy) is 1. The Balaban J connectivity index is 1.76. The summed E-state index contributed by atoms with van der Waals surface area (Å²) in [6, 6.07) is 13.7. The van der Waals surface area contributed by atoms with Crippen molar-refractivity contribution < 1.29 is 9.15 Å². The first-order chi connectivity index (χ1) is 10.7. The number of rotatable bonds is 5. The van der Waals surface area contributed by atoms with E-state index in [9.17, 15) is 0 Å². The van der Waals surface area contributed by atoms with E-state index in [0.29, 0.717) is 28.4 Å². The van der Waals surface area contributed by atoms with Gasteiger partial charge in [-0.2, -0.15) is 4.98 Å². The summed E-state index contributed by atoms with van der Waals surface area (Å²) < 4.78 is 11.7. The van der Waals surface area contributed by atoms with Crippen LogP contribution >= 0.6 is 15.9 Å². The highest BCUT2D eigenvalue weighted by atomic mass is 79.9.